The summed E-state index contributed by atoms with van der Waals surface area (Å²) < 4.78 is 5.15. The molecule has 0 aliphatic carbocycles. The van der Waals surface area contributed by atoms with Gasteiger partial charge < -0.3 is 14.7 Å². The van der Waals surface area contributed by atoms with Crippen molar-refractivity contribution in [3.8, 4) is 11.8 Å². The molecule has 2 amide bonds. The van der Waals surface area contributed by atoms with Crippen LogP contribution in [0.4, 0.5) is 10.5 Å². The molecular weight excluding hydrogens is 594 g/mol. The lowest BCUT2D eigenvalue weighted by atomic mass is 9.96. The zero-order valence-corrected chi connectivity index (χ0v) is 26.0. The smallest absolute Gasteiger partial charge is 0.421 e. The standard InChI is InChI=1S/C34H38ClN5O5/c1-2-45-32(42)25-39(30-17-11-26(12-18-30)8-6-7-19-40(36)34(43)44)31(41)24-37-20-22-38(23-21-37)33(27-9-4-3-5-10-27)28-13-15-29(35)16-14-28/h3-5,9-18,33H,2,7,19-25,36H2,1H3,(H,43,44)/t33-/m1/s1. The quantitative estimate of drug-likeness (QED) is 0.106. The van der Waals surface area contributed by atoms with Crippen LogP contribution < -0.4 is 10.7 Å². The van der Waals surface area contributed by atoms with Crippen LogP contribution in [-0.4, -0.2) is 90.3 Å². The average molecular weight is 632 g/mol. The minimum atomic E-state index is -1.22. The van der Waals surface area contributed by atoms with Crippen molar-refractivity contribution in [2.45, 2.75) is 19.4 Å². The first kappa shape index (κ1) is 33.5. The number of rotatable bonds is 11. The molecule has 1 saturated heterocycles. The molecule has 45 heavy (non-hydrogen) atoms. The summed E-state index contributed by atoms with van der Waals surface area (Å²) in [6.07, 6.45) is -0.944. The number of nitrogens with two attached hydrogens (primary N) is 1. The summed E-state index contributed by atoms with van der Waals surface area (Å²) in [5.74, 6) is 10.5. The molecule has 11 heteroatoms. The van der Waals surface area contributed by atoms with E-state index in [0.29, 0.717) is 34.4 Å². The zero-order chi connectivity index (χ0) is 32.2. The predicted octanol–water partition coefficient (Wildman–Crippen LogP) is 4.24. The van der Waals surface area contributed by atoms with Gasteiger partial charge in [0.05, 0.1) is 25.7 Å². The number of ether oxygens (including phenoxy) is 1. The fraction of sp³-hybridized carbons (Fsp3) is 0.324. The Morgan fingerprint density at radius 1 is 0.956 bits per heavy atom. The second-order valence-corrected chi connectivity index (χ2v) is 11.0. The molecule has 0 radical (unpaired) electrons. The number of halogens is 1. The summed E-state index contributed by atoms with van der Waals surface area (Å²) in [5, 5.41) is 10.2. The van der Waals surface area contributed by atoms with E-state index in [2.05, 4.69) is 45.9 Å². The van der Waals surface area contributed by atoms with Crippen molar-refractivity contribution in [3.63, 3.8) is 0 Å². The molecule has 4 rings (SSSR count). The number of carbonyl (C=O) groups is 3. The minimum absolute atomic E-state index is 0.0645. The lowest BCUT2D eigenvalue weighted by Crippen LogP contribution is -2.51. The SMILES string of the molecule is CCOC(=O)CN(C(=O)CN1CCN([C@H](c2ccccc2)c2ccc(Cl)cc2)CC1)c1ccc(C#CCCN(N)C(=O)O)cc1. The Kier molecular flexibility index (Phi) is 12.4. The molecule has 10 nitrogen and oxygen atoms in total. The molecule has 0 saturated carbocycles. The van der Waals surface area contributed by atoms with Crippen molar-refractivity contribution < 1.29 is 24.2 Å². The van der Waals surface area contributed by atoms with E-state index < -0.39 is 12.1 Å². The van der Waals surface area contributed by atoms with E-state index in [1.54, 1.807) is 31.2 Å². The third-order valence-corrected chi connectivity index (χ3v) is 7.71. The number of nitrogens with zero attached hydrogens (tertiary/aromatic N) is 4. The molecule has 1 aliphatic heterocycles. The number of hydrogen-bond donors (Lipinski definition) is 2. The third-order valence-electron chi connectivity index (χ3n) is 7.46. The van der Waals surface area contributed by atoms with Gasteiger partial charge in [-0.15, -0.1) is 0 Å². The molecule has 1 aliphatic rings. The number of amides is 2. The Hall–Kier alpha value is -4.40. The third kappa shape index (κ3) is 9.80. The summed E-state index contributed by atoms with van der Waals surface area (Å²) >= 11 is 6.17. The second-order valence-electron chi connectivity index (χ2n) is 10.5. The molecule has 0 aromatic heterocycles. The van der Waals surface area contributed by atoms with Crippen LogP contribution >= 0.6 is 11.6 Å². The lowest BCUT2D eigenvalue weighted by molar-refractivity contribution is -0.142. The Morgan fingerprint density at radius 2 is 1.60 bits per heavy atom. The first-order chi connectivity index (χ1) is 21.7. The molecule has 1 fully saturated rings. The summed E-state index contributed by atoms with van der Waals surface area (Å²) in [6, 6.07) is 25.4. The highest BCUT2D eigenvalue weighted by atomic mass is 35.5. The van der Waals surface area contributed by atoms with Crippen LogP contribution in [0.1, 0.15) is 36.1 Å². The number of hydrazine groups is 1. The zero-order valence-electron chi connectivity index (χ0n) is 25.3. The molecule has 3 aromatic rings. The summed E-state index contributed by atoms with van der Waals surface area (Å²) in [5.41, 5.74) is 3.60. The lowest BCUT2D eigenvalue weighted by Gasteiger charge is -2.40. The number of carbonyl (C=O) groups excluding carboxylic acids is 2. The highest BCUT2D eigenvalue weighted by molar-refractivity contribution is 6.30. The predicted molar refractivity (Wildman–Crippen MR) is 174 cm³/mol. The van der Waals surface area contributed by atoms with Crippen molar-refractivity contribution in [3.05, 3.63) is 101 Å². The Labute approximate surface area is 268 Å². The van der Waals surface area contributed by atoms with E-state index in [-0.39, 0.29) is 44.6 Å². The van der Waals surface area contributed by atoms with Crippen molar-refractivity contribution in [2.75, 3.05) is 57.3 Å². The topological polar surface area (TPSA) is 120 Å². The summed E-state index contributed by atoms with van der Waals surface area (Å²) in [7, 11) is 0. The number of carboxylic acid groups (broad SMARTS) is 1. The van der Waals surface area contributed by atoms with Crippen LogP contribution in [0.25, 0.3) is 0 Å². The van der Waals surface area contributed by atoms with Gasteiger partial charge in [-0.3, -0.25) is 19.4 Å². The van der Waals surface area contributed by atoms with E-state index in [1.807, 2.05) is 30.3 Å². The van der Waals surface area contributed by atoms with E-state index in [0.717, 1.165) is 18.7 Å². The van der Waals surface area contributed by atoms with Gasteiger partial charge in [-0.05, 0) is 54.4 Å². The van der Waals surface area contributed by atoms with Gasteiger partial charge in [-0.2, -0.15) is 0 Å². The van der Waals surface area contributed by atoms with Crippen molar-refractivity contribution in [1.29, 1.82) is 0 Å². The maximum absolute atomic E-state index is 13.6. The molecule has 1 atom stereocenters. The maximum Gasteiger partial charge on any atom is 0.421 e. The Morgan fingerprint density at radius 3 is 2.22 bits per heavy atom. The second kappa shape index (κ2) is 16.6. The largest absolute Gasteiger partial charge is 0.465 e. The van der Waals surface area contributed by atoms with Crippen LogP contribution in [0.5, 0.6) is 0 Å². The molecule has 236 valence electrons. The first-order valence-corrected chi connectivity index (χ1v) is 15.2. The molecular formula is C34H38ClN5O5. The Bertz CT molecular complexity index is 1480. The van der Waals surface area contributed by atoms with E-state index in [4.69, 9.17) is 27.3 Å². The monoisotopic (exact) mass is 631 g/mol. The van der Waals surface area contributed by atoms with Crippen LogP contribution in [0.2, 0.25) is 5.02 Å². The summed E-state index contributed by atoms with van der Waals surface area (Å²) in [6.45, 7) is 4.88. The van der Waals surface area contributed by atoms with E-state index >= 15 is 0 Å². The normalized spacial score (nSPS) is 14.1. The van der Waals surface area contributed by atoms with Gasteiger partial charge in [0.25, 0.3) is 0 Å². The number of anilines is 1. The number of esters is 1. The van der Waals surface area contributed by atoms with Crippen LogP contribution in [0.3, 0.4) is 0 Å². The maximum atomic E-state index is 13.6. The molecule has 1 heterocycles. The fourth-order valence-corrected chi connectivity index (χ4v) is 5.30. The molecule has 3 N–H and O–H groups in total. The number of piperazine rings is 1. The van der Waals surface area contributed by atoms with Crippen LogP contribution in [-0.2, 0) is 14.3 Å². The Balaban J connectivity index is 1.41. The van der Waals surface area contributed by atoms with E-state index in [1.165, 1.54) is 10.5 Å². The average Bonchev–Trinajstić information content (AvgIpc) is 3.04. The van der Waals surface area contributed by atoms with Gasteiger partial charge in [0, 0.05) is 48.9 Å². The van der Waals surface area contributed by atoms with Gasteiger partial charge in [-0.25, -0.2) is 15.6 Å². The number of benzene rings is 3. The van der Waals surface area contributed by atoms with Crippen molar-refractivity contribution >= 4 is 35.3 Å². The van der Waals surface area contributed by atoms with Crippen LogP contribution in [0.15, 0.2) is 78.9 Å². The van der Waals surface area contributed by atoms with Gasteiger partial charge >= 0.3 is 12.1 Å². The van der Waals surface area contributed by atoms with Crippen molar-refractivity contribution in [2.24, 2.45) is 5.84 Å². The van der Waals surface area contributed by atoms with Crippen LogP contribution in [0, 0.1) is 11.8 Å². The molecule has 3 aromatic carbocycles. The van der Waals surface area contributed by atoms with Gasteiger partial charge in [0.2, 0.25) is 5.91 Å². The highest BCUT2D eigenvalue weighted by Crippen LogP contribution is 2.30. The first-order valence-electron chi connectivity index (χ1n) is 14.8. The highest BCUT2D eigenvalue weighted by Gasteiger charge is 2.29. The fourth-order valence-electron chi connectivity index (χ4n) is 5.17. The minimum Gasteiger partial charge on any atom is -0.465 e. The van der Waals surface area contributed by atoms with Gasteiger partial charge in [0.1, 0.15) is 6.54 Å². The molecule has 0 bridgehead atoms. The van der Waals surface area contributed by atoms with Crippen molar-refractivity contribution in [1.82, 2.24) is 14.8 Å². The number of hydrogen-bond acceptors (Lipinski definition) is 7. The van der Waals surface area contributed by atoms with Gasteiger partial charge in [-0.1, -0.05) is 65.9 Å². The summed E-state index contributed by atoms with van der Waals surface area (Å²) in [4.78, 5) is 42.8. The van der Waals surface area contributed by atoms with Gasteiger partial charge in [0.15, 0.2) is 0 Å². The molecule has 0 spiro atoms. The van der Waals surface area contributed by atoms with E-state index in [9.17, 15) is 14.4 Å². The molecule has 0 unspecified atom stereocenters.